The van der Waals surface area contributed by atoms with Crippen molar-refractivity contribution in [2.45, 2.75) is 12.8 Å². The SMILES string of the molecule is COc1cccc(C(=O)N2CCC(C(=O)N3CCN(c4ccc(F)cc4)CC3)CC2)c1. The number of methoxy groups -OCH3 is 1. The predicted molar refractivity (Wildman–Crippen MR) is 117 cm³/mol. The molecule has 0 aliphatic carbocycles. The molecule has 0 saturated carbocycles. The van der Waals surface area contributed by atoms with E-state index in [9.17, 15) is 14.0 Å². The number of amides is 2. The van der Waals surface area contributed by atoms with Crippen LogP contribution in [0.1, 0.15) is 23.2 Å². The zero-order chi connectivity index (χ0) is 21.8. The molecular formula is C24H28FN3O3. The molecule has 164 valence electrons. The van der Waals surface area contributed by atoms with E-state index >= 15 is 0 Å². The first kappa shape index (κ1) is 21.2. The van der Waals surface area contributed by atoms with E-state index in [0.29, 0.717) is 50.3 Å². The Balaban J connectivity index is 1.27. The van der Waals surface area contributed by atoms with E-state index in [1.165, 1.54) is 12.1 Å². The summed E-state index contributed by atoms with van der Waals surface area (Å²) in [5.74, 6) is 0.557. The highest BCUT2D eigenvalue weighted by Crippen LogP contribution is 2.24. The molecule has 0 bridgehead atoms. The molecule has 31 heavy (non-hydrogen) atoms. The number of rotatable bonds is 4. The molecule has 0 atom stereocenters. The number of ether oxygens (including phenoxy) is 1. The van der Waals surface area contributed by atoms with Crippen LogP contribution >= 0.6 is 0 Å². The normalized spacial score (nSPS) is 17.5. The smallest absolute Gasteiger partial charge is 0.253 e. The van der Waals surface area contributed by atoms with E-state index < -0.39 is 0 Å². The van der Waals surface area contributed by atoms with Gasteiger partial charge in [0, 0.05) is 56.4 Å². The summed E-state index contributed by atoms with van der Waals surface area (Å²) in [5, 5.41) is 0. The standard InChI is InChI=1S/C24H28FN3O3/c1-31-22-4-2-3-19(17-22)24(30)27-11-9-18(10-12-27)23(29)28-15-13-26(14-16-28)21-7-5-20(25)6-8-21/h2-8,17-18H,9-16H2,1H3. The topological polar surface area (TPSA) is 53.1 Å². The number of benzene rings is 2. The lowest BCUT2D eigenvalue weighted by molar-refractivity contribution is -0.137. The second-order valence-electron chi connectivity index (χ2n) is 8.09. The average Bonchev–Trinajstić information content (AvgIpc) is 2.84. The van der Waals surface area contributed by atoms with Gasteiger partial charge in [0.05, 0.1) is 7.11 Å². The first-order valence-electron chi connectivity index (χ1n) is 10.8. The quantitative estimate of drug-likeness (QED) is 0.756. The molecule has 2 aliphatic rings. The molecule has 0 N–H and O–H groups in total. The first-order valence-corrected chi connectivity index (χ1v) is 10.8. The zero-order valence-corrected chi connectivity index (χ0v) is 17.8. The summed E-state index contributed by atoms with van der Waals surface area (Å²) in [6.07, 6.45) is 1.37. The molecule has 4 rings (SSSR count). The number of carbonyl (C=O) groups excluding carboxylic acids is 2. The Kier molecular flexibility index (Phi) is 6.39. The minimum atomic E-state index is -0.242. The van der Waals surface area contributed by atoms with E-state index in [2.05, 4.69) is 4.90 Å². The number of hydrogen-bond acceptors (Lipinski definition) is 4. The molecule has 6 nitrogen and oxygen atoms in total. The monoisotopic (exact) mass is 425 g/mol. The van der Waals surface area contributed by atoms with Crippen LogP contribution in [0.25, 0.3) is 0 Å². The summed E-state index contributed by atoms with van der Waals surface area (Å²) in [7, 11) is 1.58. The molecule has 2 saturated heterocycles. The molecule has 2 amide bonds. The van der Waals surface area contributed by atoms with E-state index in [0.717, 1.165) is 18.8 Å². The van der Waals surface area contributed by atoms with Gasteiger partial charge in [-0.05, 0) is 55.3 Å². The molecule has 0 radical (unpaired) electrons. The van der Waals surface area contributed by atoms with Crippen LogP contribution in [0.15, 0.2) is 48.5 Å². The first-order chi connectivity index (χ1) is 15.0. The zero-order valence-electron chi connectivity index (χ0n) is 17.8. The van der Waals surface area contributed by atoms with Gasteiger partial charge >= 0.3 is 0 Å². The minimum absolute atomic E-state index is 0.0160. The van der Waals surface area contributed by atoms with Gasteiger partial charge in [-0.2, -0.15) is 0 Å². The summed E-state index contributed by atoms with van der Waals surface area (Å²) >= 11 is 0. The number of carbonyl (C=O) groups is 2. The fourth-order valence-electron chi connectivity index (χ4n) is 4.36. The second-order valence-corrected chi connectivity index (χ2v) is 8.09. The van der Waals surface area contributed by atoms with E-state index in [-0.39, 0.29) is 23.5 Å². The molecule has 7 heteroatoms. The van der Waals surface area contributed by atoms with Crippen molar-refractivity contribution in [3.8, 4) is 5.75 Å². The number of piperidine rings is 1. The Morgan fingerprint density at radius 2 is 1.58 bits per heavy atom. The molecule has 2 aliphatic heterocycles. The van der Waals surface area contributed by atoms with Gasteiger partial charge in [-0.15, -0.1) is 0 Å². The van der Waals surface area contributed by atoms with Crippen molar-refractivity contribution in [2.75, 3.05) is 51.3 Å². The summed E-state index contributed by atoms with van der Waals surface area (Å²) in [6.45, 7) is 3.98. The molecule has 2 heterocycles. The van der Waals surface area contributed by atoms with Gasteiger partial charge in [0.15, 0.2) is 0 Å². The molecule has 0 aromatic heterocycles. The molecule has 2 aromatic carbocycles. The summed E-state index contributed by atoms with van der Waals surface area (Å²) in [4.78, 5) is 31.7. The number of anilines is 1. The molecule has 0 unspecified atom stereocenters. The third-order valence-electron chi connectivity index (χ3n) is 6.23. The van der Waals surface area contributed by atoms with Crippen molar-refractivity contribution in [3.05, 3.63) is 59.9 Å². The maximum Gasteiger partial charge on any atom is 0.253 e. The molecular weight excluding hydrogens is 397 g/mol. The predicted octanol–water partition coefficient (Wildman–Crippen LogP) is 3.04. The minimum Gasteiger partial charge on any atom is -0.497 e. The maximum atomic E-state index is 13.1. The van der Waals surface area contributed by atoms with Gasteiger partial charge in [0.1, 0.15) is 11.6 Å². The average molecular weight is 426 g/mol. The molecule has 2 fully saturated rings. The van der Waals surface area contributed by atoms with E-state index in [1.807, 2.05) is 21.9 Å². The van der Waals surface area contributed by atoms with E-state index in [1.54, 1.807) is 31.4 Å². The Labute approximate surface area is 182 Å². The Morgan fingerprint density at radius 1 is 0.903 bits per heavy atom. The van der Waals surface area contributed by atoms with Crippen molar-refractivity contribution < 1.29 is 18.7 Å². The van der Waals surface area contributed by atoms with Crippen LogP contribution in [-0.2, 0) is 4.79 Å². The number of hydrogen-bond donors (Lipinski definition) is 0. The van der Waals surface area contributed by atoms with Crippen LogP contribution in [-0.4, -0.2) is 68.0 Å². The molecule has 0 spiro atoms. The largest absolute Gasteiger partial charge is 0.497 e. The van der Waals surface area contributed by atoms with Gasteiger partial charge in [-0.25, -0.2) is 4.39 Å². The van der Waals surface area contributed by atoms with Crippen LogP contribution < -0.4 is 9.64 Å². The third-order valence-corrected chi connectivity index (χ3v) is 6.23. The van der Waals surface area contributed by atoms with Gasteiger partial charge in [0.2, 0.25) is 5.91 Å². The number of nitrogens with zero attached hydrogens (tertiary/aromatic N) is 3. The van der Waals surface area contributed by atoms with Crippen LogP contribution in [0.2, 0.25) is 0 Å². The van der Waals surface area contributed by atoms with Gasteiger partial charge in [0.25, 0.3) is 5.91 Å². The van der Waals surface area contributed by atoms with E-state index in [4.69, 9.17) is 4.74 Å². The highest BCUT2D eigenvalue weighted by atomic mass is 19.1. The van der Waals surface area contributed by atoms with Crippen molar-refractivity contribution in [3.63, 3.8) is 0 Å². The fourth-order valence-corrected chi connectivity index (χ4v) is 4.36. The second kappa shape index (κ2) is 9.37. The lowest BCUT2D eigenvalue weighted by atomic mass is 9.94. The van der Waals surface area contributed by atoms with Crippen LogP contribution in [0.3, 0.4) is 0 Å². The van der Waals surface area contributed by atoms with Crippen LogP contribution in [0.4, 0.5) is 10.1 Å². The van der Waals surface area contributed by atoms with Crippen molar-refractivity contribution in [1.82, 2.24) is 9.80 Å². The summed E-state index contributed by atoms with van der Waals surface area (Å²) in [6, 6.07) is 13.7. The Hall–Kier alpha value is -3.09. The van der Waals surface area contributed by atoms with Gasteiger partial charge in [-0.1, -0.05) is 6.07 Å². The third kappa shape index (κ3) is 4.81. The lowest BCUT2D eigenvalue weighted by Crippen LogP contribution is -2.52. The van der Waals surface area contributed by atoms with Crippen molar-refractivity contribution in [2.24, 2.45) is 5.92 Å². The van der Waals surface area contributed by atoms with Crippen LogP contribution in [0.5, 0.6) is 5.75 Å². The van der Waals surface area contributed by atoms with Crippen molar-refractivity contribution >= 4 is 17.5 Å². The number of halogens is 1. The number of likely N-dealkylation sites (tertiary alicyclic amines) is 1. The van der Waals surface area contributed by atoms with Gasteiger partial charge < -0.3 is 19.4 Å². The lowest BCUT2D eigenvalue weighted by Gasteiger charge is -2.39. The fraction of sp³-hybridized carbons (Fsp3) is 0.417. The summed E-state index contributed by atoms with van der Waals surface area (Å²) < 4.78 is 18.3. The Bertz CT molecular complexity index is 918. The number of piperazine rings is 1. The maximum absolute atomic E-state index is 13.1. The highest BCUT2D eigenvalue weighted by molar-refractivity contribution is 5.94. The van der Waals surface area contributed by atoms with Gasteiger partial charge in [-0.3, -0.25) is 9.59 Å². The summed E-state index contributed by atoms with van der Waals surface area (Å²) in [5.41, 5.74) is 1.60. The van der Waals surface area contributed by atoms with Crippen LogP contribution in [0, 0.1) is 11.7 Å². The Morgan fingerprint density at radius 3 is 2.23 bits per heavy atom. The van der Waals surface area contributed by atoms with Crippen molar-refractivity contribution in [1.29, 1.82) is 0 Å². The highest BCUT2D eigenvalue weighted by Gasteiger charge is 2.32. The molecule has 2 aromatic rings.